The highest BCUT2D eigenvalue weighted by Crippen LogP contribution is 2.30. The molecule has 0 spiro atoms. The Morgan fingerprint density at radius 3 is 2.57 bits per heavy atom. The van der Waals surface area contributed by atoms with Crippen molar-refractivity contribution >= 4 is 38.4 Å². The Balaban J connectivity index is 2.28. The van der Waals surface area contributed by atoms with Gasteiger partial charge in [0.1, 0.15) is 11.0 Å². The first-order valence-corrected chi connectivity index (χ1v) is 7.53. The van der Waals surface area contributed by atoms with Crippen molar-refractivity contribution in [3.8, 4) is 11.4 Å². The maximum absolute atomic E-state index is 13.4. The molecule has 106 valence electrons. The molecule has 2 aromatic carbocycles. The van der Waals surface area contributed by atoms with Crippen LogP contribution in [0.15, 0.2) is 34.8 Å². The minimum atomic E-state index is -0.246. The van der Waals surface area contributed by atoms with E-state index in [4.69, 9.17) is 11.6 Å². The minimum Gasteiger partial charge on any atom is -0.228 e. The molecule has 0 fully saturated rings. The fourth-order valence-corrected chi connectivity index (χ4v) is 2.74. The van der Waals surface area contributed by atoms with Gasteiger partial charge in [-0.15, -0.1) is 0 Å². The zero-order valence-electron chi connectivity index (χ0n) is 11.4. The van der Waals surface area contributed by atoms with Crippen molar-refractivity contribution in [1.29, 1.82) is 0 Å². The van der Waals surface area contributed by atoms with Crippen LogP contribution in [0.1, 0.15) is 11.1 Å². The molecular formula is C16H11BrClFN2. The third-order valence-electron chi connectivity index (χ3n) is 3.43. The Hall–Kier alpha value is -1.52. The average Bonchev–Trinajstić information content (AvgIpc) is 2.46. The van der Waals surface area contributed by atoms with E-state index in [1.54, 1.807) is 19.1 Å². The van der Waals surface area contributed by atoms with Crippen molar-refractivity contribution in [3.63, 3.8) is 0 Å². The van der Waals surface area contributed by atoms with Crippen molar-refractivity contribution < 1.29 is 4.39 Å². The summed E-state index contributed by atoms with van der Waals surface area (Å²) < 4.78 is 14.4. The van der Waals surface area contributed by atoms with E-state index in [0.717, 1.165) is 26.5 Å². The Morgan fingerprint density at radius 1 is 1.10 bits per heavy atom. The summed E-state index contributed by atoms with van der Waals surface area (Å²) in [6, 6.07) is 8.61. The predicted octanol–water partition coefficient (Wildman–Crippen LogP) is 5.47. The van der Waals surface area contributed by atoms with Gasteiger partial charge in [0, 0.05) is 15.4 Å². The second-order valence-electron chi connectivity index (χ2n) is 4.87. The van der Waals surface area contributed by atoms with Gasteiger partial charge in [0.15, 0.2) is 5.82 Å². The topological polar surface area (TPSA) is 25.8 Å². The fraction of sp³-hybridized carbons (Fsp3) is 0.125. The number of nitrogens with zero attached hydrogens (tertiary/aromatic N) is 2. The van der Waals surface area contributed by atoms with Crippen LogP contribution in [0.3, 0.4) is 0 Å². The summed E-state index contributed by atoms with van der Waals surface area (Å²) >= 11 is 9.76. The van der Waals surface area contributed by atoms with E-state index in [9.17, 15) is 4.39 Å². The molecule has 0 amide bonds. The van der Waals surface area contributed by atoms with Gasteiger partial charge in [-0.1, -0.05) is 27.5 Å². The number of benzene rings is 2. The Bertz CT molecular complexity index is 865. The van der Waals surface area contributed by atoms with E-state index in [1.807, 2.05) is 19.1 Å². The summed E-state index contributed by atoms with van der Waals surface area (Å²) in [4.78, 5) is 8.92. The van der Waals surface area contributed by atoms with E-state index in [1.165, 1.54) is 6.07 Å². The molecule has 0 aliphatic carbocycles. The van der Waals surface area contributed by atoms with Crippen LogP contribution in [0.25, 0.3) is 22.3 Å². The third-order valence-corrected chi connectivity index (χ3v) is 4.57. The van der Waals surface area contributed by atoms with E-state index in [2.05, 4.69) is 25.9 Å². The zero-order valence-corrected chi connectivity index (χ0v) is 13.8. The molecule has 0 aliphatic rings. The van der Waals surface area contributed by atoms with Gasteiger partial charge in [-0.2, -0.15) is 0 Å². The van der Waals surface area contributed by atoms with Gasteiger partial charge in [-0.3, -0.25) is 0 Å². The van der Waals surface area contributed by atoms with E-state index < -0.39 is 0 Å². The number of fused-ring (bicyclic) bond motifs is 1. The number of aryl methyl sites for hydroxylation is 2. The molecule has 21 heavy (non-hydrogen) atoms. The van der Waals surface area contributed by atoms with Gasteiger partial charge in [-0.25, -0.2) is 14.4 Å². The molecule has 3 aromatic rings. The van der Waals surface area contributed by atoms with Crippen LogP contribution in [0, 0.1) is 19.7 Å². The van der Waals surface area contributed by atoms with E-state index >= 15 is 0 Å². The average molecular weight is 366 g/mol. The second-order valence-corrected chi connectivity index (χ2v) is 6.08. The molecule has 0 saturated carbocycles. The molecule has 0 atom stereocenters. The Morgan fingerprint density at radius 2 is 1.86 bits per heavy atom. The van der Waals surface area contributed by atoms with Gasteiger partial charge in [0.2, 0.25) is 0 Å². The van der Waals surface area contributed by atoms with Crippen LogP contribution < -0.4 is 0 Å². The highest BCUT2D eigenvalue weighted by atomic mass is 79.9. The van der Waals surface area contributed by atoms with Crippen LogP contribution in [-0.2, 0) is 0 Å². The normalized spacial score (nSPS) is 11.1. The molecule has 5 heteroatoms. The van der Waals surface area contributed by atoms with Crippen molar-refractivity contribution in [1.82, 2.24) is 9.97 Å². The highest BCUT2D eigenvalue weighted by Gasteiger charge is 2.12. The Kier molecular flexibility index (Phi) is 3.68. The third kappa shape index (κ3) is 2.54. The van der Waals surface area contributed by atoms with Gasteiger partial charge < -0.3 is 0 Å². The number of hydrogen-bond acceptors (Lipinski definition) is 2. The highest BCUT2D eigenvalue weighted by molar-refractivity contribution is 9.10. The van der Waals surface area contributed by atoms with Crippen LogP contribution in [-0.4, -0.2) is 9.97 Å². The van der Waals surface area contributed by atoms with Crippen LogP contribution >= 0.6 is 27.5 Å². The van der Waals surface area contributed by atoms with Crippen LogP contribution in [0.4, 0.5) is 4.39 Å². The quantitative estimate of drug-likeness (QED) is 0.534. The largest absolute Gasteiger partial charge is 0.228 e. The molecule has 0 bridgehead atoms. The minimum absolute atomic E-state index is 0.246. The summed E-state index contributed by atoms with van der Waals surface area (Å²) in [6.07, 6.45) is 0. The molecule has 0 aliphatic heterocycles. The first-order chi connectivity index (χ1) is 9.97. The summed E-state index contributed by atoms with van der Waals surface area (Å²) in [7, 11) is 0. The smallest absolute Gasteiger partial charge is 0.161 e. The molecule has 3 rings (SSSR count). The molecule has 0 unspecified atom stereocenters. The van der Waals surface area contributed by atoms with Crippen molar-refractivity contribution in [3.05, 3.63) is 56.9 Å². The monoisotopic (exact) mass is 364 g/mol. The molecule has 2 nitrogen and oxygen atoms in total. The SMILES string of the molecule is Cc1cc(-c2nc(Cl)c3ccc(Br)c(C)c3n2)ccc1F. The van der Waals surface area contributed by atoms with Crippen molar-refractivity contribution in [2.45, 2.75) is 13.8 Å². The molecular weight excluding hydrogens is 355 g/mol. The molecule has 0 saturated heterocycles. The van der Waals surface area contributed by atoms with Crippen LogP contribution in [0.5, 0.6) is 0 Å². The second kappa shape index (κ2) is 5.35. The lowest BCUT2D eigenvalue weighted by molar-refractivity contribution is 0.618. The number of hydrogen-bond donors (Lipinski definition) is 0. The standard InChI is InChI=1S/C16H11BrClFN2/c1-8-7-10(3-6-13(8)19)16-20-14-9(2)12(17)5-4-11(14)15(18)21-16/h3-7H,1-2H3. The van der Waals surface area contributed by atoms with Gasteiger partial charge in [0.05, 0.1) is 5.52 Å². The first-order valence-electron chi connectivity index (χ1n) is 6.36. The molecule has 1 aromatic heterocycles. The molecule has 1 heterocycles. The maximum Gasteiger partial charge on any atom is 0.161 e. The Labute approximate surface area is 135 Å². The summed E-state index contributed by atoms with van der Waals surface area (Å²) in [5, 5.41) is 1.20. The summed E-state index contributed by atoms with van der Waals surface area (Å²) in [5.74, 6) is 0.251. The first kappa shape index (κ1) is 14.4. The molecule has 0 N–H and O–H groups in total. The number of rotatable bonds is 1. The van der Waals surface area contributed by atoms with Gasteiger partial charge in [0.25, 0.3) is 0 Å². The van der Waals surface area contributed by atoms with Gasteiger partial charge in [-0.05, 0) is 55.3 Å². The lowest BCUT2D eigenvalue weighted by atomic mass is 10.1. The van der Waals surface area contributed by atoms with Crippen molar-refractivity contribution in [2.75, 3.05) is 0 Å². The molecule has 0 radical (unpaired) electrons. The lowest BCUT2D eigenvalue weighted by Crippen LogP contribution is -1.95. The number of halogens is 3. The summed E-state index contributed by atoms with van der Waals surface area (Å²) in [6.45, 7) is 3.68. The maximum atomic E-state index is 13.4. The van der Waals surface area contributed by atoms with E-state index in [-0.39, 0.29) is 5.82 Å². The number of aromatic nitrogens is 2. The van der Waals surface area contributed by atoms with Crippen LogP contribution in [0.2, 0.25) is 5.15 Å². The van der Waals surface area contributed by atoms with E-state index in [0.29, 0.717) is 16.5 Å². The summed E-state index contributed by atoms with van der Waals surface area (Å²) in [5.41, 5.74) is 3.09. The fourth-order valence-electron chi connectivity index (χ4n) is 2.18. The van der Waals surface area contributed by atoms with Crippen molar-refractivity contribution in [2.24, 2.45) is 0 Å². The predicted molar refractivity (Wildman–Crippen MR) is 87.1 cm³/mol. The van der Waals surface area contributed by atoms with Gasteiger partial charge >= 0.3 is 0 Å². The zero-order chi connectivity index (χ0) is 15.1. The lowest BCUT2D eigenvalue weighted by Gasteiger charge is -2.08.